The first-order valence-electron chi connectivity index (χ1n) is 14.4. The third kappa shape index (κ3) is 9.30. The van der Waals surface area contributed by atoms with Gasteiger partial charge in [-0.1, -0.05) is 46.6 Å². The monoisotopic (exact) mass is 588 g/mol. The maximum atomic E-state index is 5.84. The SMILES string of the molecule is COc1c(C)c(C/C=C(\C)C2(C/C=C(\C)CC/C=C(\C)CCC=C(C)C)SCCCS2)c(OC)c(OC)c1OC. The Hall–Kier alpha value is -1.92. The molecule has 0 spiro atoms. The summed E-state index contributed by atoms with van der Waals surface area (Å²) in [6.07, 6.45) is 17.2. The first kappa shape index (κ1) is 34.3. The quantitative estimate of drug-likeness (QED) is 0.190. The molecule has 0 aromatic heterocycles. The second-order valence-electron chi connectivity index (χ2n) is 10.8. The van der Waals surface area contributed by atoms with Crippen molar-refractivity contribution in [1.29, 1.82) is 0 Å². The highest BCUT2D eigenvalue weighted by Gasteiger charge is 2.34. The largest absolute Gasteiger partial charge is 0.492 e. The Kier molecular flexibility index (Phi) is 14.7. The highest BCUT2D eigenvalue weighted by Crippen LogP contribution is 2.52. The highest BCUT2D eigenvalue weighted by atomic mass is 32.2. The molecule has 0 N–H and O–H groups in total. The van der Waals surface area contributed by atoms with Gasteiger partial charge in [-0.3, -0.25) is 0 Å². The van der Waals surface area contributed by atoms with Gasteiger partial charge in [0.05, 0.1) is 32.5 Å². The molecule has 4 nitrogen and oxygen atoms in total. The van der Waals surface area contributed by atoms with Crippen LogP contribution in [0.25, 0.3) is 0 Å². The van der Waals surface area contributed by atoms with Gasteiger partial charge >= 0.3 is 0 Å². The van der Waals surface area contributed by atoms with E-state index in [4.69, 9.17) is 18.9 Å². The number of hydrogen-bond donors (Lipinski definition) is 0. The van der Waals surface area contributed by atoms with Crippen molar-refractivity contribution in [2.45, 2.75) is 90.6 Å². The van der Waals surface area contributed by atoms with Crippen molar-refractivity contribution in [2.75, 3.05) is 39.9 Å². The summed E-state index contributed by atoms with van der Waals surface area (Å²) in [5, 5.41) is 0. The van der Waals surface area contributed by atoms with E-state index in [0.717, 1.165) is 49.7 Å². The van der Waals surface area contributed by atoms with Crippen LogP contribution in [0.4, 0.5) is 0 Å². The van der Waals surface area contributed by atoms with Crippen molar-refractivity contribution in [3.8, 4) is 23.0 Å². The molecule has 2 rings (SSSR count). The lowest BCUT2D eigenvalue weighted by atomic mass is 9.98. The summed E-state index contributed by atoms with van der Waals surface area (Å²) in [7, 11) is 6.62. The lowest BCUT2D eigenvalue weighted by Crippen LogP contribution is -2.26. The second kappa shape index (κ2) is 17.1. The van der Waals surface area contributed by atoms with Crippen molar-refractivity contribution in [3.63, 3.8) is 0 Å². The van der Waals surface area contributed by atoms with E-state index in [1.807, 2.05) is 0 Å². The number of ether oxygens (including phenoxy) is 4. The van der Waals surface area contributed by atoms with Crippen LogP contribution in [-0.4, -0.2) is 44.0 Å². The molecule has 1 heterocycles. The normalized spacial score (nSPS) is 16.0. The Balaban J connectivity index is 2.24. The maximum Gasteiger partial charge on any atom is 0.207 e. The van der Waals surface area contributed by atoms with Crippen LogP contribution in [0.15, 0.2) is 46.6 Å². The average molecular weight is 589 g/mol. The van der Waals surface area contributed by atoms with Crippen LogP contribution in [0, 0.1) is 6.92 Å². The molecular weight excluding hydrogens is 537 g/mol. The summed E-state index contributed by atoms with van der Waals surface area (Å²) in [4.78, 5) is 0. The smallest absolute Gasteiger partial charge is 0.207 e. The zero-order chi connectivity index (χ0) is 29.7. The van der Waals surface area contributed by atoms with Crippen LogP contribution in [0.3, 0.4) is 0 Å². The van der Waals surface area contributed by atoms with Gasteiger partial charge in [0.2, 0.25) is 11.5 Å². The van der Waals surface area contributed by atoms with Crippen molar-refractivity contribution in [3.05, 3.63) is 57.7 Å². The fourth-order valence-electron chi connectivity index (χ4n) is 5.04. The number of rotatable bonds is 15. The van der Waals surface area contributed by atoms with Crippen molar-refractivity contribution >= 4 is 23.5 Å². The van der Waals surface area contributed by atoms with Crippen LogP contribution in [-0.2, 0) is 6.42 Å². The van der Waals surface area contributed by atoms with Gasteiger partial charge in [-0.05, 0) is 98.0 Å². The molecule has 1 fully saturated rings. The first-order valence-corrected chi connectivity index (χ1v) is 16.4. The van der Waals surface area contributed by atoms with Crippen LogP contribution in [0.1, 0.15) is 84.3 Å². The average Bonchev–Trinajstić information content (AvgIpc) is 2.94. The molecule has 1 aromatic carbocycles. The summed E-state index contributed by atoms with van der Waals surface area (Å²) in [5.74, 6) is 4.94. The summed E-state index contributed by atoms with van der Waals surface area (Å²) in [6, 6.07) is 0. The molecule has 1 aliphatic heterocycles. The zero-order valence-corrected chi connectivity index (χ0v) is 28.3. The molecule has 0 radical (unpaired) electrons. The maximum absolute atomic E-state index is 5.84. The van der Waals surface area contributed by atoms with Gasteiger partial charge in [-0.2, -0.15) is 0 Å². The fraction of sp³-hybridized carbons (Fsp3) is 0.588. The Labute approximate surface area is 253 Å². The third-order valence-corrected chi connectivity index (χ3v) is 11.1. The van der Waals surface area contributed by atoms with Gasteiger partial charge < -0.3 is 18.9 Å². The Morgan fingerprint density at radius 1 is 0.700 bits per heavy atom. The number of allylic oxidation sites excluding steroid dienone is 7. The molecule has 6 heteroatoms. The fourth-order valence-corrected chi connectivity index (χ4v) is 8.32. The molecule has 0 bridgehead atoms. The second-order valence-corrected chi connectivity index (χ2v) is 13.8. The molecule has 1 saturated heterocycles. The third-order valence-electron chi connectivity index (χ3n) is 7.52. The zero-order valence-electron chi connectivity index (χ0n) is 26.6. The molecular formula is C34H52O4S2. The molecule has 224 valence electrons. The summed E-state index contributed by atoms with van der Waals surface area (Å²) in [6.45, 7) is 13.3. The van der Waals surface area contributed by atoms with Gasteiger partial charge in [-0.15, -0.1) is 23.5 Å². The molecule has 40 heavy (non-hydrogen) atoms. The predicted molar refractivity (Wildman–Crippen MR) is 177 cm³/mol. The Morgan fingerprint density at radius 3 is 1.77 bits per heavy atom. The van der Waals surface area contributed by atoms with E-state index in [-0.39, 0.29) is 4.08 Å². The van der Waals surface area contributed by atoms with E-state index in [9.17, 15) is 0 Å². The van der Waals surface area contributed by atoms with Crippen molar-refractivity contribution < 1.29 is 18.9 Å². The van der Waals surface area contributed by atoms with Crippen LogP contribution < -0.4 is 18.9 Å². The van der Waals surface area contributed by atoms with Crippen molar-refractivity contribution in [1.82, 2.24) is 0 Å². The topological polar surface area (TPSA) is 36.9 Å². The number of hydrogen-bond acceptors (Lipinski definition) is 6. The summed E-state index contributed by atoms with van der Waals surface area (Å²) < 4.78 is 23.0. The Bertz CT molecular complexity index is 1090. The van der Waals surface area contributed by atoms with E-state index < -0.39 is 0 Å². The molecule has 1 aromatic rings. The van der Waals surface area contributed by atoms with Gasteiger partial charge in [0.15, 0.2) is 11.5 Å². The number of methoxy groups -OCH3 is 4. The predicted octanol–water partition coefficient (Wildman–Crippen LogP) is 9.89. The van der Waals surface area contributed by atoms with Gasteiger partial charge in [0.1, 0.15) is 0 Å². The van der Waals surface area contributed by atoms with E-state index >= 15 is 0 Å². The van der Waals surface area contributed by atoms with Crippen LogP contribution in [0.5, 0.6) is 23.0 Å². The molecule has 0 aliphatic carbocycles. The lowest BCUT2D eigenvalue weighted by Gasteiger charge is -2.37. The minimum atomic E-state index is 0.0669. The standard InChI is InChI=1S/C34H52O4S2/c1-24(2)14-11-15-25(3)16-12-17-26(4)20-21-34(39-22-13-23-40-34)27(5)18-19-29-28(6)30(35-7)32(37-9)33(38-10)31(29)36-8/h14,16,18,20H,11-13,15,17,19,21-23H2,1-10H3/b25-16+,26-20+,27-18+. The van der Waals surface area contributed by atoms with Crippen molar-refractivity contribution in [2.24, 2.45) is 0 Å². The van der Waals surface area contributed by atoms with E-state index in [2.05, 4.69) is 89.4 Å². The molecule has 0 amide bonds. The highest BCUT2D eigenvalue weighted by molar-refractivity contribution is 8.19. The molecule has 0 unspecified atom stereocenters. The Morgan fingerprint density at radius 2 is 1.23 bits per heavy atom. The lowest BCUT2D eigenvalue weighted by molar-refractivity contribution is 0.302. The molecule has 0 saturated carbocycles. The van der Waals surface area contributed by atoms with Gasteiger partial charge in [-0.25, -0.2) is 0 Å². The minimum Gasteiger partial charge on any atom is -0.492 e. The summed E-state index contributed by atoms with van der Waals surface area (Å²) in [5.41, 5.74) is 7.87. The van der Waals surface area contributed by atoms with Gasteiger partial charge in [0, 0.05) is 11.1 Å². The number of thioether (sulfide) groups is 2. The number of benzene rings is 1. The van der Waals surface area contributed by atoms with Crippen LogP contribution in [0.2, 0.25) is 0 Å². The first-order chi connectivity index (χ1) is 19.1. The van der Waals surface area contributed by atoms with E-state index in [0.29, 0.717) is 23.0 Å². The van der Waals surface area contributed by atoms with E-state index in [1.54, 1.807) is 28.4 Å². The summed E-state index contributed by atoms with van der Waals surface area (Å²) >= 11 is 4.21. The molecule has 1 aliphatic rings. The van der Waals surface area contributed by atoms with E-state index in [1.165, 1.54) is 40.2 Å². The van der Waals surface area contributed by atoms with Gasteiger partial charge in [0.25, 0.3) is 0 Å². The molecule has 0 atom stereocenters. The minimum absolute atomic E-state index is 0.0669. The van der Waals surface area contributed by atoms with Crippen LogP contribution >= 0.6 is 23.5 Å².